The second-order valence-electron chi connectivity index (χ2n) is 2.63. The number of thiazole rings is 2. The Morgan fingerprint density at radius 1 is 1.29 bits per heavy atom. The molecule has 0 aromatic carbocycles. The Kier molecular flexibility index (Phi) is 2.76. The van der Waals surface area contributed by atoms with Crippen molar-refractivity contribution in [2.24, 2.45) is 0 Å². The molecular weight excluding hydrogens is 218 g/mol. The van der Waals surface area contributed by atoms with Crippen LogP contribution in [0.1, 0.15) is 5.01 Å². The van der Waals surface area contributed by atoms with Crippen LogP contribution in [0, 0.1) is 0 Å². The zero-order chi connectivity index (χ0) is 9.97. The molecule has 0 spiro atoms. The molecule has 2 heterocycles. The fourth-order valence-electron chi connectivity index (χ4n) is 1.02. The lowest BCUT2D eigenvalue weighted by Gasteiger charge is -1.90. The van der Waals surface area contributed by atoms with E-state index in [1.165, 1.54) is 11.3 Å². The van der Waals surface area contributed by atoms with Crippen LogP contribution in [0.2, 0.25) is 0 Å². The smallest absolute Gasteiger partial charge is 0.180 e. The highest BCUT2D eigenvalue weighted by molar-refractivity contribution is 7.14. The van der Waals surface area contributed by atoms with Gasteiger partial charge in [0.1, 0.15) is 16.4 Å². The van der Waals surface area contributed by atoms with Crippen molar-refractivity contribution in [1.29, 1.82) is 0 Å². The summed E-state index contributed by atoms with van der Waals surface area (Å²) in [6.45, 7) is 0.546. The summed E-state index contributed by atoms with van der Waals surface area (Å²) in [6, 6.07) is 0. The highest BCUT2D eigenvalue weighted by atomic mass is 32.1. The van der Waals surface area contributed by atoms with E-state index in [2.05, 4.69) is 9.97 Å². The van der Waals surface area contributed by atoms with Gasteiger partial charge in [0.2, 0.25) is 0 Å². The Balaban J connectivity index is 2.24. The van der Waals surface area contributed by atoms with Crippen LogP contribution in [-0.4, -0.2) is 17.1 Å². The molecule has 0 aliphatic carbocycles. The van der Waals surface area contributed by atoms with Crippen LogP contribution in [0.5, 0.6) is 0 Å². The molecule has 0 atom stereocenters. The minimum Gasteiger partial charge on any atom is -0.378 e. The number of nitrogens with two attached hydrogens (primary N) is 1. The fourth-order valence-corrected chi connectivity index (χ4v) is 2.34. The van der Waals surface area contributed by atoms with E-state index in [-0.39, 0.29) is 0 Å². The maximum Gasteiger partial charge on any atom is 0.180 e. The highest BCUT2D eigenvalue weighted by Crippen LogP contribution is 2.24. The van der Waals surface area contributed by atoms with Gasteiger partial charge in [0.15, 0.2) is 5.13 Å². The molecule has 0 saturated carbocycles. The Labute approximate surface area is 89.4 Å². The van der Waals surface area contributed by atoms with Crippen LogP contribution in [0.3, 0.4) is 0 Å². The van der Waals surface area contributed by atoms with Gasteiger partial charge in [-0.25, -0.2) is 9.97 Å². The van der Waals surface area contributed by atoms with Crippen LogP contribution < -0.4 is 5.73 Å². The van der Waals surface area contributed by atoms with Crippen molar-refractivity contribution in [3.63, 3.8) is 0 Å². The molecule has 0 aliphatic heterocycles. The number of ether oxygens (including phenoxy) is 1. The van der Waals surface area contributed by atoms with Crippen LogP contribution in [0.15, 0.2) is 10.8 Å². The second-order valence-corrected chi connectivity index (χ2v) is 4.46. The lowest BCUT2D eigenvalue weighted by molar-refractivity contribution is 0.184. The summed E-state index contributed by atoms with van der Waals surface area (Å²) < 4.78 is 4.99. The summed E-state index contributed by atoms with van der Waals surface area (Å²) >= 11 is 2.99. The summed E-state index contributed by atoms with van der Waals surface area (Å²) in [5, 5.41) is 5.39. The van der Waals surface area contributed by atoms with Crippen molar-refractivity contribution in [3.8, 4) is 11.4 Å². The SMILES string of the molecule is COCc1nc(-c2csc(N)n2)cs1. The summed E-state index contributed by atoms with van der Waals surface area (Å²) in [5.41, 5.74) is 7.25. The van der Waals surface area contributed by atoms with E-state index in [0.29, 0.717) is 11.7 Å². The quantitative estimate of drug-likeness (QED) is 0.871. The zero-order valence-electron chi connectivity index (χ0n) is 7.56. The maximum absolute atomic E-state index is 5.54. The normalized spacial score (nSPS) is 10.6. The Morgan fingerprint density at radius 3 is 2.64 bits per heavy atom. The molecule has 2 aromatic rings. The summed E-state index contributed by atoms with van der Waals surface area (Å²) in [7, 11) is 1.65. The number of nitrogens with zero attached hydrogens (tertiary/aromatic N) is 2. The van der Waals surface area contributed by atoms with Crippen LogP contribution in [0.25, 0.3) is 11.4 Å². The largest absolute Gasteiger partial charge is 0.378 e. The van der Waals surface area contributed by atoms with Crippen molar-refractivity contribution in [3.05, 3.63) is 15.8 Å². The van der Waals surface area contributed by atoms with Gasteiger partial charge < -0.3 is 10.5 Å². The average Bonchev–Trinajstić information content (AvgIpc) is 2.74. The number of hydrogen-bond donors (Lipinski definition) is 1. The molecule has 74 valence electrons. The van der Waals surface area contributed by atoms with Crippen LogP contribution in [0.4, 0.5) is 5.13 Å². The molecule has 0 saturated heterocycles. The van der Waals surface area contributed by atoms with E-state index in [9.17, 15) is 0 Å². The molecule has 14 heavy (non-hydrogen) atoms. The molecule has 2 rings (SSSR count). The van der Waals surface area contributed by atoms with Crippen LogP contribution in [-0.2, 0) is 11.3 Å². The van der Waals surface area contributed by atoms with Gasteiger partial charge in [-0.3, -0.25) is 0 Å². The van der Waals surface area contributed by atoms with Gasteiger partial charge in [0.25, 0.3) is 0 Å². The molecular formula is C8H9N3OS2. The fraction of sp³-hybridized carbons (Fsp3) is 0.250. The van der Waals surface area contributed by atoms with Gasteiger partial charge in [-0.05, 0) is 0 Å². The molecule has 0 radical (unpaired) electrons. The Bertz CT molecular complexity index is 424. The molecule has 2 N–H and O–H groups in total. The number of nitrogen functional groups attached to an aromatic ring is 1. The minimum atomic E-state index is 0.546. The number of hydrogen-bond acceptors (Lipinski definition) is 6. The molecule has 0 aliphatic rings. The molecule has 0 fully saturated rings. The summed E-state index contributed by atoms with van der Waals surface area (Å²) in [4.78, 5) is 8.52. The van der Waals surface area contributed by atoms with Crippen molar-refractivity contribution in [1.82, 2.24) is 9.97 Å². The molecule has 0 unspecified atom stereocenters. The molecule has 0 bridgehead atoms. The lowest BCUT2D eigenvalue weighted by Crippen LogP contribution is -1.86. The molecule has 2 aromatic heterocycles. The van der Waals surface area contributed by atoms with Gasteiger partial charge in [-0.1, -0.05) is 0 Å². The molecule has 6 heteroatoms. The van der Waals surface area contributed by atoms with Crippen LogP contribution >= 0.6 is 22.7 Å². The highest BCUT2D eigenvalue weighted by Gasteiger charge is 2.07. The molecule has 4 nitrogen and oxygen atoms in total. The third-order valence-corrected chi connectivity index (χ3v) is 3.10. The zero-order valence-corrected chi connectivity index (χ0v) is 9.19. The topological polar surface area (TPSA) is 61.0 Å². The molecule has 0 amide bonds. The third kappa shape index (κ3) is 1.92. The summed E-state index contributed by atoms with van der Waals surface area (Å²) in [5.74, 6) is 0. The number of aromatic nitrogens is 2. The second kappa shape index (κ2) is 4.04. The van der Waals surface area contributed by atoms with E-state index < -0.39 is 0 Å². The Morgan fingerprint density at radius 2 is 2.00 bits per heavy atom. The Hall–Kier alpha value is -0.980. The van der Waals surface area contributed by atoms with Crippen molar-refractivity contribution < 1.29 is 4.74 Å². The lowest BCUT2D eigenvalue weighted by atomic mass is 10.4. The number of rotatable bonds is 3. The van der Waals surface area contributed by atoms with Gasteiger partial charge in [-0.2, -0.15) is 0 Å². The van der Waals surface area contributed by atoms with Crippen molar-refractivity contribution >= 4 is 27.8 Å². The minimum absolute atomic E-state index is 0.546. The van der Waals surface area contributed by atoms with E-state index in [4.69, 9.17) is 10.5 Å². The first-order valence-corrected chi connectivity index (χ1v) is 5.70. The van der Waals surface area contributed by atoms with Gasteiger partial charge in [0.05, 0.1) is 6.61 Å². The third-order valence-electron chi connectivity index (χ3n) is 1.60. The number of methoxy groups -OCH3 is 1. The van der Waals surface area contributed by atoms with Crippen molar-refractivity contribution in [2.45, 2.75) is 6.61 Å². The maximum atomic E-state index is 5.54. The predicted octanol–water partition coefficient (Wildman–Crippen LogP) is 2.00. The van der Waals surface area contributed by atoms with E-state index in [0.717, 1.165) is 16.4 Å². The first kappa shape index (κ1) is 9.57. The van der Waals surface area contributed by atoms with E-state index >= 15 is 0 Å². The van der Waals surface area contributed by atoms with Gasteiger partial charge in [-0.15, -0.1) is 22.7 Å². The van der Waals surface area contributed by atoms with Gasteiger partial charge in [0, 0.05) is 17.9 Å². The van der Waals surface area contributed by atoms with E-state index in [1.54, 1.807) is 18.4 Å². The number of anilines is 1. The van der Waals surface area contributed by atoms with Crippen molar-refractivity contribution in [2.75, 3.05) is 12.8 Å². The van der Waals surface area contributed by atoms with Gasteiger partial charge >= 0.3 is 0 Å². The first-order valence-electron chi connectivity index (χ1n) is 3.94. The summed E-state index contributed by atoms with van der Waals surface area (Å²) in [6.07, 6.45) is 0. The standard InChI is InChI=1S/C8H9N3OS2/c1-12-2-7-10-5(3-13-7)6-4-14-8(9)11-6/h3-4H,2H2,1H3,(H2,9,11). The first-order chi connectivity index (χ1) is 6.79. The van der Waals surface area contributed by atoms with E-state index in [1.807, 2.05) is 10.8 Å². The average molecular weight is 227 g/mol. The monoisotopic (exact) mass is 227 g/mol. The predicted molar refractivity (Wildman–Crippen MR) is 58.3 cm³/mol.